The van der Waals surface area contributed by atoms with Crippen molar-refractivity contribution in [3.63, 3.8) is 0 Å². The summed E-state index contributed by atoms with van der Waals surface area (Å²) in [5.41, 5.74) is 1.63. The molecule has 0 saturated heterocycles. The first kappa shape index (κ1) is 31.7. The number of carbonyl (C=O) groups is 2. The van der Waals surface area contributed by atoms with Crippen LogP contribution in [0.1, 0.15) is 25.0 Å². The summed E-state index contributed by atoms with van der Waals surface area (Å²) >= 11 is 0. The van der Waals surface area contributed by atoms with Crippen LogP contribution in [0.25, 0.3) is 10.8 Å². The van der Waals surface area contributed by atoms with Crippen molar-refractivity contribution < 1.29 is 22.7 Å². The van der Waals surface area contributed by atoms with Crippen molar-refractivity contribution in [1.29, 1.82) is 0 Å². The fraction of sp³-hybridized carbons (Fsp3) is 0.294. The molecular weight excluding hydrogens is 562 g/mol. The number of amides is 2. The number of methoxy groups -OCH3 is 1. The van der Waals surface area contributed by atoms with Crippen LogP contribution in [0.2, 0.25) is 0 Å². The molecule has 0 aromatic heterocycles. The number of carbonyl (C=O) groups excluding carboxylic acids is 2. The Labute approximate surface area is 254 Å². The van der Waals surface area contributed by atoms with E-state index < -0.39 is 28.5 Å². The average Bonchev–Trinajstić information content (AvgIpc) is 3.01. The maximum Gasteiger partial charge on any atom is 0.243 e. The quantitative estimate of drug-likeness (QED) is 0.236. The third kappa shape index (κ3) is 8.21. The summed E-state index contributed by atoms with van der Waals surface area (Å²) in [5, 5.41) is 4.69. The maximum absolute atomic E-state index is 14.1. The Morgan fingerprint density at radius 1 is 0.837 bits per heavy atom. The van der Waals surface area contributed by atoms with Gasteiger partial charge in [0, 0.05) is 26.6 Å². The number of nitrogens with zero attached hydrogens (tertiary/aromatic N) is 2. The summed E-state index contributed by atoms with van der Waals surface area (Å²) in [4.78, 5) is 29.3. The first-order chi connectivity index (χ1) is 20.6. The zero-order valence-electron chi connectivity index (χ0n) is 25.1. The molecule has 2 amide bonds. The van der Waals surface area contributed by atoms with Crippen LogP contribution in [0.15, 0.2) is 102 Å². The van der Waals surface area contributed by atoms with Crippen molar-refractivity contribution in [2.45, 2.75) is 37.8 Å². The topological polar surface area (TPSA) is 96.0 Å². The van der Waals surface area contributed by atoms with E-state index in [1.54, 1.807) is 37.4 Å². The molecule has 0 unspecified atom stereocenters. The molecule has 4 aromatic carbocycles. The van der Waals surface area contributed by atoms with Gasteiger partial charge in [-0.3, -0.25) is 9.59 Å². The van der Waals surface area contributed by atoms with Crippen LogP contribution < -0.4 is 10.1 Å². The van der Waals surface area contributed by atoms with Gasteiger partial charge in [-0.1, -0.05) is 86.6 Å². The van der Waals surface area contributed by atoms with E-state index in [1.165, 1.54) is 11.9 Å². The molecule has 4 aromatic rings. The molecule has 0 heterocycles. The lowest BCUT2D eigenvalue weighted by Crippen LogP contribution is -2.53. The molecule has 0 fully saturated rings. The third-order valence-electron chi connectivity index (χ3n) is 7.23. The van der Waals surface area contributed by atoms with Crippen molar-refractivity contribution in [3.05, 3.63) is 108 Å². The van der Waals surface area contributed by atoms with Crippen LogP contribution in [0, 0.1) is 5.92 Å². The van der Waals surface area contributed by atoms with Crippen LogP contribution in [-0.2, 0) is 32.6 Å². The molecule has 1 atom stereocenters. The van der Waals surface area contributed by atoms with E-state index in [0.717, 1.165) is 26.2 Å². The Morgan fingerprint density at radius 2 is 1.51 bits per heavy atom. The molecule has 226 valence electrons. The predicted octanol–water partition coefficient (Wildman–Crippen LogP) is 4.88. The molecular formula is C34H39N3O5S. The van der Waals surface area contributed by atoms with Gasteiger partial charge in [-0.05, 0) is 52.1 Å². The zero-order chi connectivity index (χ0) is 31.0. The lowest BCUT2D eigenvalue weighted by Gasteiger charge is -2.33. The molecule has 0 aliphatic heterocycles. The lowest BCUT2D eigenvalue weighted by atomic mass is 10.0. The number of nitrogens with one attached hydrogen (secondary N) is 1. The highest BCUT2D eigenvalue weighted by Gasteiger charge is 2.33. The molecule has 0 spiro atoms. The number of rotatable bonds is 13. The maximum atomic E-state index is 14.1. The monoisotopic (exact) mass is 601 g/mol. The second-order valence-electron chi connectivity index (χ2n) is 11.0. The minimum Gasteiger partial charge on any atom is -0.497 e. The Morgan fingerprint density at radius 3 is 2.21 bits per heavy atom. The molecule has 8 nitrogen and oxygen atoms in total. The molecule has 0 aliphatic rings. The normalized spacial score (nSPS) is 12.3. The molecule has 0 aliphatic carbocycles. The second-order valence-corrected chi connectivity index (χ2v) is 13.0. The van der Waals surface area contributed by atoms with E-state index in [-0.39, 0.29) is 29.7 Å². The molecule has 0 radical (unpaired) electrons. The minimum absolute atomic E-state index is 0.0898. The van der Waals surface area contributed by atoms with Gasteiger partial charge in [-0.15, -0.1) is 0 Å². The summed E-state index contributed by atoms with van der Waals surface area (Å²) in [6.45, 7) is 4.09. The standard InChI is InChI=1S/C34H39N3O5S/c1-25(2)22-35-34(39)32(20-26-11-6-5-7-12-26)37(23-27-13-10-16-30(19-27)42-4)33(38)24-36(3)43(40,41)31-18-17-28-14-8-9-15-29(28)21-31/h5-19,21,25,32H,20,22-24H2,1-4H3,(H,35,39)/t32-/m1/s1. The van der Waals surface area contributed by atoms with E-state index in [0.29, 0.717) is 12.3 Å². The average molecular weight is 602 g/mol. The zero-order valence-corrected chi connectivity index (χ0v) is 25.9. The Bertz CT molecular complexity index is 1660. The van der Waals surface area contributed by atoms with Gasteiger partial charge in [0.1, 0.15) is 11.8 Å². The van der Waals surface area contributed by atoms with Gasteiger partial charge in [-0.25, -0.2) is 8.42 Å². The second kappa shape index (κ2) is 14.3. The minimum atomic E-state index is -4.00. The van der Waals surface area contributed by atoms with Crippen molar-refractivity contribution >= 4 is 32.6 Å². The fourth-order valence-electron chi connectivity index (χ4n) is 4.82. The van der Waals surface area contributed by atoms with Crippen molar-refractivity contribution in [3.8, 4) is 5.75 Å². The van der Waals surface area contributed by atoms with Crippen LogP contribution in [-0.4, -0.2) is 62.7 Å². The summed E-state index contributed by atoms with van der Waals surface area (Å²) in [6, 6.07) is 28.3. The largest absolute Gasteiger partial charge is 0.497 e. The smallest absolute Gasteiger partial charge is 0.243 e. The van der Waals surface area contributed by atoms with Crippen LogP contribution in [0.4, 0.5) is 0 Å². The summed E-state index contributed by atoms with van der Waals surface area (Å²) in [6.07, 6.45) is 0.265. The van der Waals surface area contributed by atoms with Crippen molar-refractivity contribution in [2.24, 2.45) is 5.92 Å². The van der Waals surface area contributed by atoms with E-state index in [4.69, 9.17) is 4.74 Å². The molecule has 1 N–H and O–H groups in total. The molecule has 43 heavy (non-hydrogen) atoms. The number of fused-ring (bicyclic) bond motifs is 1. The number of hydrogen-bond acceptors (Lipinski definition) is 5. The number of ether oxygens (including phenoxy) is 1. The van der Waals surface area contributed by atoms with Crippen LogP contribution >= 0.6 is 0 Å². The van der Waals surface area contributed by atoms with Gasteiger partial charge in [-0.2, -0.15) is 4.31 Å². The summed E-state index contributed by atoms with van der Waals surface area (Å²) in [5.74, 6) is 0.0380. The fourth-order valence-corrected chi connectivity index (χ4v) is 5.97. The highest BCUT2D eigenvalue weighted by Crippen LogP contribution is 2.23. The molecule has 0 saturated carbocycles. The van der Waals surface area contributed by atoms with E-state index in [1.807, 2.05) is 80.6 Å². The van der Waals surface area contributed by atoms with Gasteiger partial charge in [0.15, 0.2) is 0 Å². The number of sulfonamides is 1. The van der Waals surface area contributed by atoms with E-state index >= 15 is 0 Å². The van der Waals surface area contributed by atoms with E-state index in [9.17, 15) is 18.0 Å². The Hall–Kier alpha value is -4.21. The van der Waals surface area contributed by atoms with Gasteiger partial charge < -0.3 is 15.0 Å². The lowest BCUT2D eigenvalue weighted by molar-refractivity contribution is -0.141. The van der Waals surface area contributed by atoms with Gasteiger partial charge >= 0.3 is 0 Å². The molecule has 4 rings (SSSR count). The molecule has 9 heteroatoms. The number of likely N-dealkylation sites (N-methyl/N-ethyl adjacent to an activating group) is 1. The predicted molar refractivity (Wildman–Crippen MR) is 169 cm³/mol. The van der Waals surface area contributed by atoms with Crippen molar-refractivity contribution in [2.75, 3.05) is 27.2 Å². The summed E-state index contributed by atoms with van der Waals surface area (Å²) < 4.78 is 33.6. The van der Waals surface area contributed by atoms with E-state index in [2.05, 4.69) is 5.32 Å². The number of benzene rings is 4. The molecule has 0 bridgehead atoms. The number of hydrogen-bond donors (Lipinski definition) is 1. The van der Waals surface area contributed by atoms with Crippen LogP contribution in [0.5, 0.6) is 5.75 Å². The first-order valence-electron chi connectivity index (χ1n) is 14.3. The Balaban J connectivity index is 1.68. The van der Waals surface area contributed by atoms with Crippen LogP contribution in [0.3, 0.4) is 0 Å². The highest BCUT2D eigenvalue weighted by molar-refractivity contribution is 7.89. The SMILES string of the molecule is COc1cccc(CN(C(=O)CN(C)S(=O)(=O)c2ccc3ccccc3c2)[C@H](Cc2ccccc2)C(=O)NCC(C)C)c1. The first-order valence-corrected chi connectivity index (χ1v) is 15.7. The third-order valence-corrected chi connectivity index (χ3v) is 9.03. The van der Waals surface area contributed by atoms with Gasteiger partial charge in [0.05, 0.1) is 18.6 Å². The van der Waals surface area contributed by atoms with Crippen molar-refractivity contribution in [1.82, 2.24) is 14.5 Å². The van der Waals surface area contributed by atoms with Gasteiger partial charge in [0.25, 0.3) is 0 Å². The van der Waals surface area contributed by atoms with Gasteiger partial charge in [0.2, 0.25) is 21.8 Å². The highest BCUT2D eigenvalue weighted by atomic mass is 32.2. The Kier molecular flexibility index (Phi) is 10.6. The summed E-state index contributed by atoms with van der Waals surface area (Å²) in [7, 11) is -1.06.